The van der Waals surface area contributed by atoms with E-state index in [1.807, 2.05) is 28.8 Å². The van der Waals surface area contributed by atoms with Crippen LogP contribution in [0.5, 0.6) is 11.8 Å². The lowest BCUT2D eigenvalue weighted by molar-refractivity contribution is 0.143. The molecule has 150 valence electrons. The number of aliphatic hydroxyl groups excluding tert-OH is 1. The Balaban J connectivity index is 1.38. The molecule has 0 bridgehead atoms. The van der Waals surface area contributed by atoms with Crippen molar-refractivity contribution in [2.75, 3.05) is 13.2 Å². The van der Waals surface area contributed by atoms with Crippen LogP contribution in [0.3, 0.4) is 0 Å². The van der Waals surface area contributed by atoms with Gasteiger partial charge in [-0.2, -0.15) is 4.98 Å². The SMILES string of the molecule is CCc1ccc(-c2ccc(OCC3Cn4c(CCO)cc(=O)nc4O3)cc2)cc1. The predicted octanol–water partition coefficient (Wildman–Crippen LogP) is 2.85. The van der Waals surface area contributed by atoms with Crippen molar-refractivity contribution < 1.29 is 14.6 Å². The average molecular weight is 392 g/mol. The van der Waals surface area contributed by atoms with Crippen LogP contribution < -0.4 is 15.0 Å². The molecule has 29 heavy (non-hydrogen) atoms. The van der Waals surface area contributed by atoms with Gasteiger partial charge in [0.15, 0.2) is 6.10 Å². The third kappa shape index (κ3) is 4.32. The summed E-state index contributed by atoms with van der Waals surface area (Å²) < 4.78 is 13.5. The lowest BCUT2D eigenvalue weighted by Crippen LogP contribution is -2.23. The van der Waals surface area contributed by atoms with Crippen LogP contribution >= 0.6 is 0 Å². The van der Waals surface area contributed by atoms with Crippen molar-refractivity contribution in [3.05, 3.63) is 76.2 Å². The molecule has 3 aromatic rings. The summed E-state index contributed by atoms with van der Waals surface area (Å²) in [7, 11) is 0. The van der Waals surface area contributed by atoms with Crippen molar-refractivity contribution >= 4 is 0 Å². The van der Waals surface area contributed by atoms with E-state index in [0.29, 0.717) is 25.6 Å². The molecule has 6 nitrogen and oxygen atoms in total. The van der Waals surface area contributed by atoms with Crippen molar-refractivity contribution in [2.45, 2.75) is 32.4 Å². The number of hydrogen-bond donors (Lipinski definition) is 1. The van der Waals surface area contributed by atoms with Crippen molar-refractivity contribution in [1.29, 1.82) is 0 Å². The highest BCUT2D eigenvalue weighted by Gasteiger charge is 2.26. The molecule has 1 aliphatic heterocycles. The van der Waals surface area contributed by atoms with Gasteiger partial charge in [0.2, 0.25) is 0 Å². The summed E-state index contributed by atoms with van der Waals surface area (Å²) >= 11 is 0. The van der Waals surface area contributed by atoms with Crippen LogP contribution in [0, 0.1) is 0 Å². The molecule has 2 aromatic carbocycles. The van der Waals surface area contributed by atoms with Gasteiger partial charge < -0.3 is 14.6 Å². The number of aromatic nitrogens is 2. The minimum atomic E-state index is -0.358. The van der Waals surface area contributed by atoms with Crippen LogP contribution in [0.2, 0.25) is 0 Å². The lowest BCUT2D eigenvalue weighted by atomic mass is 10.0. The van der Waals surface area contributed by atoms with E-state index >= 15 is 0 Å². The van der Waals surface area contributed by atoms with Crippen molar-refractivity contribution in [1.82, 2.24) is 9.55 Å². The Kier molecular flexibility index (Phi) is 5.62. The number of hydrogen-bond acceptors (Lipinski definition) is 5. The van der Waals surface area contributed by atoms with Gasteiger partial charge >= 0.3 is 0 Å². The number of aryl methyl sites for hydroxylation is 1. The fourth-order valence-corrected chi connectivity index (χ4v) is 3.48. The van der Waals surface area contributed by atoms with Crippen LogP contribution in [-0.2, 0) is 19.4 Å². The van der Waals surface area contributed by atoms with Crippen LogP contribution in [0.4, 0.5) is 0 Å². The molecular formula is C23H24N2O4. The molecule has 0 fully saturated rings. The molecular weight excluding hydrogens is 368 g/mol. The standard InChI is InChI=1S/C23H24N2O4/c1-2-16-3-5-17(6-4-16)18-7-9-20(10-8-18)28-15-21-14-25-19(11-12-26)13-22(27)24-23(25)29-21/h3-10,13,21,26H,2,11-12,14-15H2,1H3. The molecule has 0 saturated heterocycles. The number of fused-ring (bicyclic) bond motifs is 1. The second kappa shape index (κ2) is 8.49. The van der Waals surface area contributed by atoms with Crippen LogP contribution in [0.15, 0.2) is 59.4 Å². The second-order valence-corrected chi connectivity index (χ2v) is 7.08. The Hall–Kier alpha value is -3.12. The Morgan fingerprint density at radius 3 is 2.48 bits per heavy atom. The Morgan fingerprint density at radius 1 is 1.14 bits per heavy atom. The summed E-state index contributed by atoms with van der Waals surface area (Å²) in [6.45, 7) is 3.01. The number of aliphatic hydroxyl groups is 1. The van der Waals surface area contributed by atoms with Gasteiger partial charge in [-0.05, 0) is 35.2 Å². The highest BCUT2D eigenvalue weighted by atomic mass is 16.6. The first-order chi connectivity index (χ1) is 14.2. The van der Waals surface area contributed by atoms with Gasteiger partial charge in [0, 0.05) is 24.8 Å². The van der Waals surface area contributed by atoms with Crippen molar-refractivity contribution in [3.8, 4) is 22.9 Å². The zero-order chi connectivity index (χ0) is 20.2. The van der Waals surface area contributed by atoms with Gasteiger partial charge in [-0.25, -0.2) is 0 Å². The quantitative estimate of drug-likeness (QED) is 0.669. The van der Waals surface area contributed by atoms with Crippen LogP contribution in [0.25, 0.3) is 11.1 Å². The monoisotopic (exact) mass is 392 g/mol. The van der Waals surface area contributed by atoms with Crippen LogP contribution in [0.1, 0.15) is 18.2 Å². The predicted molar refractivity (Wildman–Crippen MR) is 110 cm³/mol. The zero-order valence-electron chi connectivity index (χ0n) is 16.4. The number of benzene rings is 2. The molecule has 0 amide bonds. The molecule has 0 saturated carbocycles. The Labute approximate surface area is 169 Å². The molecule has 1 aromatic heterocycles. The van der Waals surface area contributed by atoms with Gasteiger partial charge in [-0.1, -0.05) is 43.3 Å². The summed E-state index contributed by atoms with van der Waals surface area (Å²) in [5.41, 5.74) is 4.01. The van der Waals surface area contributed by atoms with E-state index in [4.69, 9.17) is 9.47 Å². The number of rotatable bonds is 7. The van der Waals surface area contributed by atoms with Gasteiger partial charge in [0.1, 0.15) is 12.4 Å². The van der Waals surface area contributed by atoms with E-state index in [9.17, 15) is 9.90 Å². The van der Waals surface area contributed by atoms with Crippen molar-refractivity contribution in [3.63, 3.8) is 0 Å². The maximum Gasteiger partial charge on any atom is 0.300 e. The Bertz CT molecular complexity index is 1030. The highest BCUT2D eigenvalue weighted by molar-refractivity contribution is 5.64. The summed E-state index contributed by atoms with van der Waals surface area (Å²) in [4.78, 5) is 15.6. The van der Waals surface area contributed by atoms with Gasteiger partial charge in [-0.15, -0.1) is 0 Å². The van der Waals surface area contributed by atoms with Crippen molar-refractivity contribution in [2.24, 2.45) is 0 Å². The topological polar surface area (TPSA) is 73.6 Å². The molecule has 6 heteroatoms. The van der Waals surface area contributed by atoms with Gasteiger partial charge in [-0.3, -0.25) is 9.36 Å². The van der Waals surface area contributed by atoms with E-state index in [2.05, 4.69) is 36.2 Å². The fraction of sp³-hybridized carbons (Fsp3) is 0.304. The highest BCUT2D eigenvalue weighted by Crippen LogP contribution is 2.24. The normalized spacial score (nSPS) is 15.0. The minimum absolute atomic E-state index is 0.0302. The van der Waals surface area contributed by atoms with E-state index in [0.717, 1.165) is 23.4 Å². The first-order valence-electron chi connectivity index (χ1n) is 9.86. The average Bonchev–Trinajstić information content (AvgIpc) is 3.16. The Morgan fingerprint density at radius 2 is 1.83 bits per heavy atom. The molecule has 1 atom stereocenters. The third-order valence-electron chi connectivity index (χ3n) is 5.09. The first-order valence-corrected chi connectivity index (χ1v) is 9.86. The van der Waals surface area contributed by atoms with Gasteiger partial charge in [0.25, 0.3) is 11.6 Å². The second-order valence-electron chi connectivity index (χ2n) is 7.08. The first kappa shape index (κ1) is 19.2. The molecule has 4 rings (SSSR count). The molecule has 1 N–H and O–H groups in total. The summed E-state index contributed by atoms with van der Waals surface area (Å²) in [5.74, 6) is 0.761. The molecule has 1 unspecified atom stereocenters. The maximum atomic E-state index is 11.7. The minimum Gasteiger partial charge on any atom is -0.490 e. The molecule has 2 heterocycles. The smallest absolute Gasteiger partial charge is 0.300 e. The number of nitrogens with zero attached hydrogens (tertiary/aromatic N) is 2. The fourth-order valence-electron chi connectivity index (χ4n) is 3.48. The van der Waals surface area contributed by atoms with E-state index < -0.39 is 0 Å². The summed E-state index contributed by atoms with van der Waals surface area (Å²) in [5, 5.41) is 9.19. The molecule has 0 aliphatic carbocycles. The van der Waals surface area contributed by atoms with Crippen LogP contribution in [-0.4, -0.2) is 34.0 Å². The maximum absolute atomic E-state index is 11.7. The van der Waals surface area contributed by atoms with E-state index in [1.165, 1.54) is 17.2 Å². The number of ether oxygens (including phenoxy) is 2. The molecule has 0 spiro atoms. The third-order valence-corrected chi connectivity index (χ3v) is 5.09. The van der Waals surface area contributed by atoms with E-state index in [1.54, 1.807) is 0 Å². The summed E-state index contributed by atoms with van der Waals surface area (Å²) in [6.07, 6.45) is 1.19. The summed E-state index contributed by atoms with van der Waals surface area (Å²) in [6, 6.07) is 18.3. The van der Waals surface area contributed by atoms with Gasteiger partial charge in [0.05, 0.1) is 6.54 Å². The molecule has 0 radical (unpaired) electrons. The molecule has 1 aliphatic rings. The largest absolute Gasteiger partial charge is 0.490 e. The lowest BCUT2D eigenvalue weighted by Gasteiger charge is -2.12. The zero-order valence-corrected chi connectivity index (χ0v) is 16.4. The van der Waals surface area contributed by atoms with E-state index in [-0.39, 0.29) is 18.3 Å².